The van der Waals surface area contributed by atoms with Gasteiger partial charge in [0, 0.05) is 15.5 Å². The van der Waals surface area contributed by atoms with Gasteiger partial charge in [-0.1, -0.05) is 16.8 Å². The minimum Gasteiger partial charge on any atom is -0.452 e. The van der Waals surface area contributed by atoms with Gasteiger partial charge >= 0.3 is 5.97 Å². The van der Waals surface area contributed by atoms with E-state index in [2.05, 4.69) is 15.5 Å². The number of nitrogens with zero attached hydrogens (tertiary/aromatic N) is 2. The van der Waals surface area contributed by atoms with E-state index >= 15 is 0 Å². The Morgan fingerprint density at radius 2 is 2.07 bits per heavy atom. The van der Waals surface area contributed by atoms with Gasteiger partial charge in [-0.05, 0) is 49.4 Å². The van der Waals surface area contributed by atoms with Crippen LogP contribution in [-0.4, -0.2) is 27.3 Å². The molecule has 1 amide bonds. The summed E-state index contributed by atoms with van der Waals surface area (Å²) < 4.78 is 10.4. The normalized spacial score (nSPS) is 15.6. The lowest BCUT2D eigenvalue weighted by Crippen LogP contribution is -2.26. The number of thioether (sulfide) groups is 1. The molecular weight excluding hydrogens is 402 g/mol. The van der Waals surface area contributed by atoms with Crippen LogP contribution in [0.15, 0.2) is 51.9 Å². The number of esters is 1. The monoisotopic (exact) mass is 415 g/mol. The molecule has 0 aliphatic carbocycles. The number of hydrogen-bond donors (Lipinski definition) is 1. The van der Waals surface area contributed by atoms with Crippen molar-refractivity contribution in [3.8, 4) is 11.4 Å². The Hall–Kier alpha value is -2.84. The summed E-state index contributed by atoms with van der Waals surface area (Å²) in [4.78, 5) is 29.2. The van der Waals surface area contributed by atoms with E-state index in [0.29, 0.717) is 22.1 Å². The average Bonchev–Trinajstić information content (AvgIpc) is 3.16. The molecule has 9 heteroatoms. The predicted octanol–water partition coefficient (Wildman–Crippen LogP) is 4.18. The molecule has 0 saturated heterocycles. The average molecular weight is 416 g/mol. The van der Waals surface area contributed by atoms with Crippen LogP contribution in [0.5, 0.6) is 0 Å². The Kier molecular flexibility index (Phi) is 5.06. The zero-order valence-electron chi connectivity index (χ0n) is 14.6. The number of carbonyl (C=O) groups excluding carboxylic acids is 2. The van der Waals surface area contributed by atoms with Crippen LogP contribution in [0.25, 0.3) is 11.4 Å². The summed E-state index contributed by atoms with van der Waals surface area (Å²) in [6, 6.07) is 12.0. The van der Waals surface area contributed by atoms with E-state index in [0.717, 1.165) is 10.5 Å². The minimum atomic E-state index is -0.549. The lowest BCUT2D eigenvalue weighted by molar-refractivity contribution is -0.115. The van der Waals surface area contributed by atoms with E-state index in [1.165, 1.54) is 11.8 Å². The Balaban J connectivity index is 1.42. The Bertz CT molecular complexity index is 1050. The SMILES string of the molecule is C[C@H]1Sc2ccc(C(=O)OCc3nc(-c4ccc(Cl)cc4)no3)cc2NC1=O. The first kappa shape index (κ1) is 18.5. The first-order valence-electron chi connectivity index (χ1n) is 8.37. The zero-order valence-corrected chi connectivity index (χ0v) is 16.2. The summed E-state index contributed by atoms with van der Waals surface area (Å²) in [5.74, 6) is -0.0881. The fourth-order valence-electron chi connectivity index (χ4n) is 2.58. The number of ether oxygens (including phenoxy) is 1. The van der Waals surface area contributed by atoms with Crippen LogP contribution in [0.2, 0.25) is 5.02 Å². The Labute approximate surface area is 169 Å². The molecule has 3 aromatic rings. The molecule has 2 aromatic carbocycles. The van der Waals surface area contributed by atoms with Crippen molar-refractivity contribution >= 4 is 40.9 Å². The van der Waals surface area contributed by atoms with E-state index in [4.69, 9.17) is 20.9 Å². The lowest BCUT2D eigenvalue weighted by atomic mass is 10.2. The standard InChI is InChI=1S/C19H14ClN3O4S/c1-10-18(24)21-14-8-12(4-7-15(14)28-10)19(25)26-9-16-22-17(23-27-16)11-2-5-13(20)6-3-11/h2-8,10H,9H2,1H3,(H,21,24)/t10-/m1/s1. The third kappa shape index (κ3) is 3.88. The molecule has 4 rings (SSSR count). The highest BCUT2D eigenvalue weighted by Crippen LogP contribution is 2.36. The second kappa shape index (κ2) is 7.65. The number of rotatable bonds is 4. The van der Waals surface area contributed by atoms with Crippen molar-refractivity contribution < 1.29 is 18.8 Å². The second-order valence-electron chi connectivity index (χ2n) is 6.06. The van der Waals surface area contributed by atoms with Crippen LogP contribution < -0.4 is 5.32 Å². The first-order chi connectivity index (χ1) is 13.5. The third-order valence-electron chi connectivity index (χ3n) is 4.04. The van der Waals surface area contributed by atoms with Crippen LogP contribution in [0.3, 0.4) is 0 Å². The fourth-order valence-corrected chi connectivity index (χ4v) is 3.63. The largest absolute Gasteiger partial charge is 0.452 e. The molecule has 1 aromatic heterocycles. The maximum absolute atomic E-state index is 12.3. The van der Waals surface area contributed by atoms with Gasteiger partial charge in [-0.3, -0.25) is 4.79 Å². The molecule has 1 aliphatic heterocycles. The molecule has 28 heavy (non-hydrogen) atoms. The van der Waals surface area contributed by atoms with Crippen molar-refractivity contribution in [3.05, 3.63) is 58.9 Å². The molecular formula is C19H14ClN3O4S. The lowest BCUT2D eigenvalue weighted by Gasteiger charge is -2.21. The topological polar surface area (TPSA) is 94.3 Å². The molecule has 0 spiro atoms. The molecule has 1 N–H and O–H groups in total. The van der Waals surface area contributed by atoms with Gasteiger partial charge in [0.05, 0.1) is 16.5 Å². The predicted molar refractivity (Wildman–Crippen MR) is 104 cm³/mol. The maximum Gasteiger partial charge on any atom is 0.338 e. The Morgan fingerprint density at radius 3 is 2.86 bits per heavy atom. The molecule has 0 saturated carbocycles. The number of carbonyl (C=O) groups is 2. The van der Waals surface area contributed by atoms with Crippen LogP contribution in [0.4, 0.5) is 5.69 Å². The fraction of sp³-hybridized carbons (Fsp3) is 0.158. The summed E-state index contributed by atoms with van der Waals surface area (Å²) in [6.45, 7) is 1.67. The number of aromatic nitrogens is 2. The number of hydrogen-bond acceptors (Lipinski definition) is 7. The molecule has 0 bridgehead atoms. The third-order valence-corrected chi connectivity index (χ3v) is 5.47. The van der Waals surface area contributed by atoms with E-state index in [1.807, 2.05) is 6.92 Å². The Morgan fingerprint density at radius 1 is 1.29 bits per heavy atom. The van der Waals surface area contributed by atoms with E-state index in [9.17, 15) is 9.59 Å². The second-order valence-corrected chi connectivity index (χ2v) is 7.87. The van der Waals surface area contributed by atoms with Crippen LogP contribution >= 0.6 is 23.4 Å². The molecule has 2 heterocycles. The van der Waals surface area contributed by atoms with Gasteiger partial charge in [0.25, 0.3) is 5.89 Å². The quantitative estimate of drug-likeness (QED) is 0.638. The number of anilines is 1. The van der Waals surface area contributed by atoms with Crippen molar-refractivity contribution in [2.75, 3.05) is 5.32 Å². The molecule has 1 aliphatic rings. The number of fused-ring (bicyclic) bond motifs is 1. The highest BCUT2D eigenvalue weighted by atomic mass is 35.5. The summed E-state index contributed by atoms with van der Waals surface area (Å²) in [7, 11) is 0. The van der Waals surface area contributed by atoms with Crippen LogP contribution in [-0.2, 0) is 16.1 Å². The van der Waals surface area contributed by atoms with Gasteiger partial charge in [0.15, 0.2) is 6.61 Å². The van der Waals surface area contributed by atoms with Gasteiger partial charge in [-0.15, -0.1) is 11.8 Å². The van der Waals surface area contributed by atoms with Gasteiger partial charge in [-0.2, -0.15) is 4.98 Å². The van der Waals surface area contributed by atoms with Gasteiger partial charge in [-0.25, -0.2) is 4.79 Å². The molecule has 0 fully saturated rings. The van der Waals surface area contributed by atoms with Crippen LogP contribution in [0, 0.1) is 0 Å². The minimum absolute atomic E-state index is 0.0939. The highest BCUT2D eigenvalue weighted by Gasteiger charge is 2.24. The number of halogens is 1. The van der Waals surface area contributed by atoms with E-state index in [1.54, 1.807) is 42.5 Å². The van der Waals surface area contributed by atoms with Crippen LogP contribution in [0.1, 0.15) is 23.2 Å². The first-order valence-corrected chi connectivity index (χ1v) is 9.62. The molecule has 142 valence electrons. The van der Waals surface area contributed by atoms with Crippen molar-refractivity contribution in [2.45, 2.75) is 23.7 Å². The summed E-state index contributed by atoms with van der Waals surface area (Å²) in [5, 5.41) is 7.09. The van der Waals surface area contributed by atoms with Crippen molar-refractivity contribution in [3.63, 3.8) is 0 Å². The number of nitrogens with one attached hydrogen (secondary N) is 1. The van der Waals surface area contributed by atoms with Crippen molar-refractivity contribution in [1.82, 2.24) is 10.1 Å². The number of amides is 1. The van der Waals surface area contributed by atoms with Gasteiger partial charge < -0.3 is 14.6 Å². The molecule has 1 atom stereocenters. The van der Waals surface area contributed by atoms with E-state index < -0.39 is 5.97 Å². The summed E-state index contributed by atoms with van der Waals surface area (Å²) >= 11 is 7.31. The van der Waals surface area contributed by atoms with Gasteiger partial charge in [0.2, 0.25) is 11.7 Å². The molecule has 0 unspecified atom stereocenters. The molecule has 7 nitrogen and oxygen atoms in total. The molecule has 0 radical (unpaired) electrons. The highest BCUT2D eigenvalue weighted by molar-refractivity contribution is 8.00. The summed E-state index contributed by atoms with van der Waals surface area (Å²) in [5.41, 5.74) is 1.67. The van der Waals surface area contributed by atoms with Crippen molar-refractivity contribution in [1.29, 1.82) is 0 Å². The van der Waals surface area contributed by atoms with Gasteiger partial charge in [0.1, 0.15) is 0 Å². The van der Waals surface area contributed by atoms with E-state index in [-0.39, 0.29) is 23.7 Å². The number of benzene rings is 2. The smallest absolute Gasteiger partial charge is 0.338 e. The zero-order chi connectivity index (χ0) is 19.7. The summed E-state index contributed by atoms with van der Waals surface area (Å²) in [6.07, 6.45) is 0. The maximum atomic E-state index is 12.3. The van der Waals surface area contributed by atoms with Crippen molar-refractivity contribution in [2.24, 2.45) is 0 Å².